The van der Waals surface area contributed by atoms with Gasteiger partial charge in [0.25, 0.3) is 0 Å². The van der Waals surface area contributed by atoms with Crippen molar-refractivity contribution in [2.24, 2.45) is 0 Å². The Morgan fingerprint density at radius 1 is 1.29 bits per heavy atom. The van der Waals surface area contributed by atoms with E-state index in [1.54, 1.807) is 28.8 Å². The molecular weight excluding hydrogens is 327 g/mol. The number of urea groups is 1. The third kappa shape index (κ3) is 3.64. The van der Waals surface area contributed by atoms with E-state index in [2.05, 4.69) is 5.32 Å². The van der Waals surface area contributed by atoms with Gasteiger partial charge in [0.15, 0.2) is 0 Å². The van der Waals surface area contributed by atoms with Crippen molar-refractivity contribution < 1.29 is 13.9 Å². The number of rotatable bonds is 4. The molecule has 24 heavy (non-hydrogen) atoms. The van der Waals surface area contributed by atoms with E-state index < -0.39 is 0 Å². The smallest absolute Gasteiger partial charge is 0.323 e. The second-order valence-electron chi connectivity index (χ2n) is 5.33. The van der Waals surface area contributed by atoms with Crippen LogP contribution in [0.25, 0.3) is 0 Å². The zero-order valence-electron chi connectivity index (χ0n) is 13.4. The Labute approximate surface area is 145 Å². The maximum absolute atomic E-state index is 13.1. The molecule has 2 aromatic rings. The zero-order valence-corrected chi connectivity index (χ0v) is 14.2. The van der Waals surface area contributed by atoms with Gasteiger partial charge in [-0.1, -0.05) is 24.3 Å². The van der Waals surface area contributed by atoms with Crippen molar-refractivity contribution in [3.05, 3.63) is 59.9 Å². The minimum absolute atomic E-state index is 0.107. The quantitative estimate of drug-likeness (QED) is 0.886. The fourth-order valence-electron chi connectivity index (χ4n) is 2.62. The summed E-state index contributed by atoms with van der Waals surface area (Å²) in [5.41, 5.74) is 1.58. The van der Waals surface area contributed by atoms with Gasteiger partial charge in [-0.25, -0.2) is 9.18 Å². The molecule has 2 amide bonds. The number of benzene rings is 2. The average Bonchev–Trinajstić information content (AvgIpc) is 3.07. The van der Waals surface area contributed by atoms with Gasteiger partial charge < -0.3 is 15.0 Å². The van der Waals surface area contributed by atoms with Crippen molar-refractivity contribution in [2.75, 3.05) is 24.2 Å². The van der Waals surface area contributed by atoms with Gasteiger partial charge in [0, 0.05) is 12.3 Å². The summed E-state index contributed by atoms with van der Waals surface area (Å²) in [6, 6.07) is 13.5. The Hall–Kier alpha value is -2.21. The Balaban J connectivity index is 1.75. The first kappa shape index (κ1) is 16.6. The van der Waals surface area contributed by atoms with Crippen LogP contribution in [0.4, 0.5) is 14.9 Å². The Morgan fingerprint density at radius 3 is 2.79 bits per heavy atom. The van der Waals surface area contributed by atoms with Crippen LogP contribution in [0.5, 0.6) is 5.75 Å². The molecule has 126 valence electrons. The van der Waals surface area contributed by atoms with Crippen LogP contribution in [0.2, 0.25) is 0 Å². The van der Waals surface area contributed by atoms with Gasteiger partial charge in [0.05, 0.1) is 12.3 Å². The van der Waals surface area contributed by atoms with Crippen LogP contribution in [-0.2, 0) is 0 Å². The number of ether oxygens (including phenoxy) is 1. The van der Waals surface area contributed by atoms with E-state index in [9.17, 15) is 9.18 Å². The van der Waals surface area contributed by atoms with Crippen LogP contribution in [0.15, 0.2) is 48.5 Å². The van der Waals surface area contributed by atoms with Crippen molar-refractivity contribution >= 4 is 23.5 Å². The lowest BCUT2D eigenvalue weighted by Crippen LogP contribution is -2.34. The third-order valence-electron chi connectivity index (χ3n) is 3.74. The molecule has 0 aliphatic carbocycles. The van der Waals surface area contributed by atoms with Gasteiger partial charge in [0.1, 0.15) is 16.9 Å². The average molecular weight is 346 g/mol. The fourth-order valence-corrected chi connectivity index (χ4v) is 3.88. The summed E-state index contributed by atoms with van der Waals surface area (Å²) in [7, 11) is 0. The molecule has 1 aliphatic rings. The third-order valence-corrected chi connectivity index (χ3v) is 5.00. The highest BCUT2D eigenvalue weighted by atomic mass is 32.2. The van der Waals surface area contributed by atoms with E-state index in [4.69, 9.17) is 4.74 Å². The maximum Gasteiger partial charge on any atom is 0.323 e. The predicted octanol–water partition coefficient (Wildman–Crippen LogP) is 4.50. The van der Waals surface area contributed by atoms with E-state index in [0.717, 1.165) is 11.3 Å². The molecule has 0 radical (unpaired) electrons. The summed E-state index contributed by atoms with van der Waals surface area (Å²) < 4.78 is 18.7. The van der Waals surface area contributed by atoms with E-state index in [1.807, 2.05) is 31.2 Å². The van der Waals surface area contributed by atoms with Crippen molar-refractivity contribution in [3.63, 3.8) is 0 Å². The summed E-state index contributed by atoms with van der Waals surface area (Å²) in [6.45, 7) is 3.08. The summed E-state index contributed by atoms with van der Waals surface area (Å²) in [5, 5.41) is 2.82. The standard InChI is InChI=1S/C18H19FN2O2S/c1-2-23-16-6-4-3-5-15(16)20-18(22)21-11-12-24-17(21)13-7-9-14(19)10-8-13/h3-10,17H,2,11-12H2,1H3,(H,20,22)/t17-/m1/s1. The number of carbonyl (C=O) groups excluding carboxylic acids is 1. The topological polar surface area (TPSA) is 41.6 Å². The number of thioether (sulfide) groups is 1. The number of hydrogen-bond donors (Lipinski definition) is 1. The molecule has 0 saturated carbocycles. The first-order valence-corrected chi connectivity index (χ1v) is 8.90. The highest BCUT2D eigenvalue weighted by molar-refractivity contribution is 7.99. The second kappa shape index (κ2) is 7.57. The van der Waals surface area contributed by atoms with Crippen LogP contribution in [-0.4, -0.2) is 29.8 Å². The molecule has 1 aliphatic heterocycles. The molecule has 1 fully saturated rings. The Morgan fingerprint density at radius 2 is 2.04 bits per heavy atom. The number of carbonyl (C=O) groups is 1. The predicted molar refractivity (Wildman–Crippen MR) is 94.9 cm³/mol. The van der Waals surface area contributed by atoms with Crippen LogP contribution in [0.1, 0.15) is 17.9 Å². The molecule has 1 heterocycles. The summed E-state index contributed by atoms with van der Waals surface area (Å²) in [6.07, 6.45) is 0. The van der Waals surface area contributed by atoms with Gasteiger partial charge in [-0.2, -0.15) is 0 Å². The summed E-state index contributed by atoms with van der Waals surface area (Å²) >= 11 is 1.67. The zero-order chi connectivity index (χ0) is 16.9. The highest BCUT2D eigenvalue weighted by Gasteiger charge is 2.31. The number of hydrogen-bond acceptors (Lipinski definition) is 3. The number of nitrogens with one attached hydrogen (secondary N) is 1. The van der Waals surface area contributed by atoms with Gasteiger partial charge >= 0.3 is 6.03 Å². The van der Waals surface area contributed by atoms with Crippen molar-refractivity contribution in [1.29, 1.82) is 0 Å². The highest BCUT2D eigenvalue weighted by Crippen LogP contribution is 2.38. The van der Waals surface area contributed by atoms with Gasteiger partial charge in [-0.05, 0) is 36.8 Å². The molecule has 6 heteroatoms. The lowest BCUT2D eigenvalue weighted by molar-refractivity contribution is 0.214. The molecule has 2 aromatic carbocycles. The summed E-state index contributed by atoms with van der Waals surface area (Å²) in [5.74, 6) is 1.23. The first-order chi connectivity index (χ1) is 11.7. The molecule has 1 saturated heterocycles. The molecule has 1 atom stereocenters. The fraction of sp³-hybridized carbons (Fsp3) is 0.278. The number of anilines is 1. The van der Waals surface area contributed by atoms with E-state index >= 15 is 0 Å². The molecule has 0 spiro atoms. The number of halogens is 1. The van der Waals surface area contributed by atoms with Gasteiger partial charge in [0.2, 0.25) is 0 Å². The van der Waals surface area contributed by atoms with E-state index in [0.29, 0.717) is 24.6 Å². The molecule has 0 aromatic heterocycles. The maximum atomic E-state index is 13.1. The minimum atomic E-state index is -0.275. The summed E-state index contributed by atoms with van der Waals surface area (Å²) in [4.78, 5) is 14.5. The van der Waals surface area contributed by atoms with Crippen molar-refractivity contribution in [1.82, 2.24) is 4.90 Å². The van der Waals surface area contributed by atoms with Crippen LogP contribution < -0.4 is 10.1 Å². The Kier molecular flexibility index (Phi) is 5.25. The molecule has 0 unspecified atom stereocenters. The molecule has 0 bridgehead atoms. The van der Waals surface area contributed by atoms with Gasteiger partial charge in [-0.3, -0.25) is 0 Å². The molecular formula is C18H19FN2O2S. The van der Waals surface area contributed by atoms with Crippen molar-refractivity contribution in [2.45, 2.75) is 12.3 Å². The lowest BCUT2D eigenvalue weighted by Gasteiger charge is -2.25. The largest absolute Gasteiger partial charge is 0.492 e. The monoisotopic (exact) mass is 346 g/mol. The second-order valence-corrected chi connectivity index (χ2v) is 6.52. The van der Waals surface area contributed by atoms with E-state index in [1.165, 1.54) is 12.1 Å². The Bertz CT molecular complexity index is 708. The number of amides is 2. The normalized spacial score (nSPS) is 16.9. The van der Waals surface area contributed by atoms with Crippen molar-refractivity contribution in [3.8, 4) is 5.75 Å². The number of para-hydroxylation sites is 2. The van der Waals surface area contributed by atoms with Crippen LogP contribution in [0.3, 0.4) is 0 Å². The molecule has 3 rings (SSSR count). The SMILES string of the molecule is CCOc1ccccc1NC(=O)N1CCS[C@@H]1c1ccc(F)cc1. The van der Waals surface area contributed by atoms with Crippen LogP contribution in [0, 0.1) is 5.82 Å². The first-order valence-electron chi connectivity index (χ1n) is 7.85. The minimum Gasteiger partial charge on any atom is -0.492 e. The lowest BCUT2D eigenvalue weighted by atomic mass is 10.2. The van der Waals surface area contributed by atoms with Gasteiger partial charge in [-0.15, -0.1) is 11.8 Å². The molecule has 1 N–H and O–H groups in total. The molecule has 4 nitrogen and oxygen atoms in total. The van der Waals surface area contributed by atoms with E-state index in [-0.39, 0.29) is 17.2 Å². The van der Waals surface area contributed by atoms with Crippen LogP contribution >= 0.6 is 11.8 Å². The number of nitrogens with zero attached hydrogens (tertiary/aromatic N) is 1.